The molecule has 1 heterocycles. The van der Waals surface area contributed by atoms with Crippen molar-refractivity contribution in [3.63, 3.8) is 0 Å². The first kappa shape index (κ1) is 14.0. The van der Waals surface area contributed by atoms with E-state index in [1.165, 1.54) is 0 Å². The number of morpholine rings is 1. The van der Waals surface area contributed by atoms with Crippen LogP contribution in [-0.4, -0.2) is 41.2 Å². The molecule has 1 amide bonds. The Balaban J connectivity index is 1.72. The van der Waals surface area contributed by atoms with Crippen LogP contribution in [0.4, 0.5) is 0 Å². The molecule has 1 aromatic carbocycles. The third kappa shape index (κ3) is 2.62. The molecule has 20 heavy (non-hydrogen) atoms. The van der Waals surface area contributed by atoms with E-state index in [0.717, 1.165) is 16.5 Å². The van der Waals surface area contributed by atoms with Crippen molar-refractivity contribution in [2.24, 2.45) is 0 Å². The zero-order valence-corrected chi connectivity index (χ0v) is 12.8. The largest absolute Gasteiger partial charge is 0.380 e. The van der Waals surface area contributed by atoms with Crippen molar-refractivity contribution in [3.8, 4) is 0 Å². The fourth-order valence-electron chi connectivity index (χ4n) is 2.76. The van der Waals surface area contributed by atoms with E-state index >= 15 is 0 Å². The number of hydrogen-bond donors (Lipinski definition) is 1. The second-order valence-corrected chi connectivity index (χ2v) is 6.47. The van der Waals surface area contributed by atoms with Gasteiger partial charge in [0.25, 0.3) is 5.91 Å². The molecule has 3 rings (SSSR count). The first-order chi connectivity index (χ1) is 9.58. The number of halogens is 1. The molecule has 0 aromatic heterocycles. The highest BCUT2D eigenvalue weighted by atomic mass is 79.9. The van der Waals surface area contributed by atoms with E-state index in [4.69, 9.17) is 4.74 Å². The average Bonchev–Trinajstić information content (AvgIpc) is 2.44. The normalized spacial score (nSPS) is 25.1. The van der Waals surface area contributed by atoms with E-state index in [1.54, 1.807) is 4.90 Å². The summed E-state index contributed by atoms with van der Waals surface area (Å²) in [5.41, 5.74) is -0.0587. The Morgan fingerprint density at radius 2 is 2.25 bits per heavy atom. The number of hydrogen-bond acceptors (Lipinski definition) is 3. The number of carbonyl (C=O) groups is 1. The lowest BCUT2D eigenvalue weighted by atomic mass is 9.79. The van der Waals surface area contributed by atoms with E-state index < -0.39 is 5.60 Å². The van der Waals surface area contributed by atoms with Crippen molar-refractivity contribution in [2.45, 2.75) is 31.0 Å². The molecular weight excluding hydrogens is 322 g/mol. The van der Waals surface area contributed by atoms with E-state index in [-0.39, 0.29) is 12.0 Å². The lowest BCUT2D eigenvalue weighted by Gasteiger charge is -2.42. The summed E-state index contributed by atoms with van der Waals surface area (Å²) in [7, 11) is 0. The number of amides is 1. The lowest BCUT2D eigenvalue weighted by Crippen LogP contribution is -2.56. The maximum atomic E-state index is 12.4. The molecule has 108 valence electrons. The molecule has 1 aliphatic carbocycles. The van der Waals surface area contributed by atoms with E-state index in [2.05, 4.69) is 15.9 Å². The van der Waals surface area contributed by atoms with Crippen molar-refractivity contribution in [2.75, 3.05) is 19.7 Å². The average molecular weight is 340 g/mol. The van der Waals surface area contributed by atoms with E-state index in [1.807, 2.05) is 24.3 Å². The van der Waals surface area contributed by atoms with Gasteiger partial charge >= 0.3 is 0 Å². The van der Waals surface area contributed by atoms with Gasteiger partial charge in [-0.3, -0.25) is 4.79 Å². The first-order valence-electron chi connectivity index (χ1n) is 6.97. The Labute approximate surface area is 126 Å². The van der Waals surface area contributed by atoms with Crippen molar-refractivity contribution in [3.05, 3.63) is 34.3 Å². The zero-order valence-electron chi connectivity index (χ0n) is 11.2. The molecule has 0 unspecified atom stereocenters. The molecule has 2 fully saturated rings. The maximum absolute atomic E-state index is 12.4. The standard InChI is InChI=1S/C15H18BrNO3/c16-12-4-1-3-11(9-12)13-10-17(7-8-20-13)14(18)15(19)5-2-6-15/h1,3-4,9,13,19H,2,5-8,10H2/t13-/m0/s1. The Hall–Kier alpha value is -0.910. The molecular formula is C15H18BrNO3. The summed E-state index contributed by atoms with van der Waals surface area (Å²) < 4.78 is 6.77. The minimum absolute atomic E-state index is 0.117. The molecule has 1 saturated heterocycles. The SMILES string of the molecule is O=C(N1CCO[C@H](c2cccc(Br)c2)C1)C1(O)CCC1. The van der Waals surface area contributed by atoms with Crippen LogP contribution in [0.5, 0.6) is 0 Å². The molecule has 1 saturated carbocycles. The van der Waals surface area contributed by atoms with Crippen LogP contribution in [0.25, 0.3) is 0 Å². The molecule has 2 aliphatic rings. The molecule has 1 atom stereocenters. The second kappa shape index (κ2) is 5.47. The van der Waals surface area contributed by atoms with Crippen LogP contribution in [-0.2, 0) is 9.53 Å². The Kier molecular flexibility index (Phi) is 3.84. The van der Waals surface area contributed by atoms with Crippen molar-refractivity contribution >= 4 is 21.8 Å². The van der Waals surface area contributed by atoms with Gasteiger partial charge in [0.1, 0.15) is 11.7 Å². The smallest absolute Gasteiger partial charge is 0.254 e. The molecule has 1 aliphatic heterocycles. The highest BCUT2D eigenvalue weighted by Crippen LogP contribution is 2.35. The summed E-state index contributed by atoms with van der Waals surface area (Å²) in [6.45, 7) is 1.59. The highest BCUT2D eigenvalue weighted by Gasteiger charge is 2.45. The van der Waals surface area contributed by atoms with Gasteiger partial charge in [0.2, 0.25) is 0 Å². The van der Waals surface area contributed by atoms with Crippen LogP contribution in [0, 0.1) is 0 Å². The van der Waals surface area contributed by atoms with Gasteiger partial charge in [-0.25, -0.2) is 0 Å². The molecule has 4 nitrogen and oxygen atoms in total. The van der Waals surface area contributed by atoms with Crippen LogP contribution >= 0.6 is 15.9 Å². The van der Waals surface area contributed by atoms with Crippen LogP contribution < -0.4 is 0 Å². The zero-order chi connectivity index (χ0) is 14.2. The van der Waals surface area contributed by atoms with Crippen molar-refractivity contribution in [1.29, 1.82) is 0 Å². The van der Waals surface area contributed by atoms with Gasteiger partial charge in [-0.05, 0) is 37.0 Å². The molecule has 0 spiro atoms. The van der Waals surface area contributed by atoms with Gasteiger partial charge in [-0.15, -0.1) is 0 Å². The van der Waals surface area contributed by atoms with Gasteiger partial charge in [-0.2, -0.15) is 0 Å². The maximum Gasteiger partial charge on any atom is 0.254 e. The minimum Gasteiger partial charge on any atom is -0.380 e. The summed E-state index contributed by atoms with van der Waals surface area (Å²) >= 11 is 3.45. The van der Waals surface area contributed by atoms with Crippen LogP contribution in [0.2, 0.25) is 0 Å². The fraction of sp³-hybridized carbons (Fsp3) is 0.533. The Bertz CT molecular complexity index is 516. The Morgan fingerprint density at radius 1 is 1.45 bits per heavy atom. The quantitative estimate of drug-likeness (QED) is 0.899. The summed E-state index contributed by atoms with van der Waals surface area (Å²) in [5.74, 6) is -0.132. The molecule has 1 N–H and O–H groups in total. The molecule has 1 aromatic rings. The van der Waals surface area contributed by atoms with E-state index in [9.17, 15) is 9.90 Å². The van der Waals surface area contributed by atoms with Crippen LogP contribution in [0.1, 0.15) is 30.9 Å². The van der Waals surface area contributed by atoms with Gasteiger partial charge in [0.05, 0.1) is 13.2 Å². The van der Waals surface area contributed by atoms with E-state index in [0.29, 0.717) is 32.5 Å². The summed E-state index contributed by atoms with van der Waals surface area (Å²) in [6.07, 6.45) is 1.99. The minimum atomic E-state index is -1.11. The van der Waals surface area contributed by atoms with Crippen molar-refractivity contribution in [1.82, 2.24) is 4.90 Å². The number of benzene rings is 1. The molecule has 0 bridgehead atoms. The summed E-state index contributed by atoms with van der Waals surface area (Å²) in [6, 6.07) is 7.94. The number of aliphatic hydroxyl groups is 1. The van der Waals surface area contributed by atoms with Gasteiger partial charge in [0, 0.05) is 11.0 Å². The van der Waals surface area contributed by atoms with Gasteiger partial charge < -0.3 is 14.7 Å². The third-order valence-corrected chi connectivity index (χ3v) is 4.65. The number of rotatable bonds is 2. The van der Waals surface area contributed by atoms with Crippen LogP contribution in [0.15, 0.2) is 28.7 Å². The lowest BCUT2D eigenvalue weighted by molar-refractivity contribution is -0.167. The molecule has 5 heteroatoms. The van der Waals surface area contributed by atoms with Crippen molar-refractivity contribution < 1.29 is 14.6 Å². The Morgan fingerprint density at radius 3 is 2.90 bits per heavy atom. The first-order valence-corrected chi connectivity index (χ1v) is 7.77. The number of carbonyl (C=O) groups excluding carboxylic acids is 1. The second-order valence-electron chi connectivity index (χ2n) is 5.55. The fourth-order valence-corrected chi connectivity index (χ4v) is 3.18. The number of nitrogens with zero attached hydrogens (tertiary/aromatic N) is 1. The predicted octanol–water partition coefficient (Wildman–Crippen LogP) is 2.26. The summed E-state index contributed by atoms with van der Waals surface area (Å²) in [4.78, 5) is 14.1. The van der Waals surface area contributed by atoms with Gasteiger partial charge in [0.15, 0.2) is 0 Å². The topological polar surface area (TPSA) is 49.8 Å². The molecule has 0 radical (unpaired) electrons. The highest BCUT2D eigenvalue weighted by molar-refractivity contribution is 9.10. The van der Waals surface area contributed by atoms with Gasteiger partial charge in [-0.1, -0.05) is 28.1 Å². The third-order valence-electron chi connectivity index (χ3n) is 4.15. The summed E-state index contributed by atoms with van der Waals surface area (Å²) in [5, 5.41) is 10.2. The van der Waals surface area contributed by atoms with Crippen LogP contribution in [0.3, 0.4) is 0 Å². The predicted molar refractivity (Wildman–Crippen MR) is 78.2 cm³/mol. The monoisotopic (exact) mass is 339 g/mol. The number of ether oxygens (including phenoxy) is 1.